The first kappa shape index (κ1) is 17.6. The summed E-state index contributed by atoms with van der Waals surface area (Å²) >= 11 is 0. The topological polar surface area (TPSA) is 52.6 Å². The van der Waals surface area contributed by atoms with E-state index in [0.29, 0.717) is 6.04 Å². The zero-order chi connectivity index (χ0) is 16.7. The lowest BCUT2D eigenvalue weighted by molar-refractivity contribution is 0.436. The molecule has 2 N–H and O–H groups in total. The van der Waals surface area contributed by atoms with Gasteiger partial charge in [0.05, 0.1) is 0 Å². The Bertz CT molecular complexity index is 489. The Balaban J connectivity index is 1.85. The smallest absolute Gasteiger partial charge is 0.191 e. The van der Waals surface area contributed by atoms with Crippen LogP contribution in [0.5, 0.6) is 0 Å². The molecule has 0 radical (unpaired) electrons. The summed E-state index contributed by atoms with van der Waals surface area (Å²) in [6.07, 6.45) is 5.58. The van der Waals surface area contributed by atoms with E-state index < -0.39 is 0 Å². The molecule has 23 heavy (non-hydrogen) atoms. The number of aromatic nitrogens is 1. The molecule has 5 nitrogen and oxygen atoms in total. The lowest BCUT2D eigenvalue weighted by atomic mass is 9.99. The van der Waals surface area contributed by atoms with Crippen molar-refractivity contribution >= 4 is 11.8 Å². The third kappa shape index (κ3) is 5.41. The Morgan fingerprint density at radius 1 is 1.39 bits per heavy atom. The number of nitrogens with one attached hydrogen (secondary N) is 2. The minimum atomic E-state index is 0.420. The van der Waals surface area contributed by atoms with Crippen LogP contribution in [0.25, 0.3) is 0 Å². The number of aliphatic imine (C=N–C) groups is 1. The maximum Gasteiger partial charge on any atom is 0.191 e. The molecule has 1 saturated heterocycles. The van der Waals surface area contributed by atoms with Crippen molar-refractivity contribution in [2.75, 3.05) is 25.0 Å². The fourth-order valence-electron chi connectivity index (χ4n) is 2.66. The Morgan fingerprint density at radius 2 is 2.13 bits per heavy atom. The molecule has 1 unspecified atom stereocenters. The van der Waals surface area contributed by atoms with Crippen LogP contribution in [0.3, 0.4) is 0 Å². The monoisotopic (exact) mass is 317 g/mol. The van der Waals surface area contributed by atoms with Gasteiger partial charge in [-0.15, -0.1) is 0 Å². The van der Waals surface area contributed by atoms with Gasteiger partial charge in [0, 0.05) is 38.9 Å². The van der Waals surface area contributed by atoms with Crippen molar-refractivity contribution in [3.8, 4) is 0 Å². The maximum absolute atomic E-state index is 4.63. The fourth-order valence-corrected chi connectivity index (χ4v) is 2.66. The van der Waals surface area contributed by atoms with Crippen molar-refractivity contribution in [3.05, 3.63) is 23.9 Å². The first-order chi connectivity index (χ1) is 11.1. The van der Waals surface area contributed by atoms with E-state index in [1.165, 1.54) is 18.4 Å². The van der Waals surface area contributed by atoms with Crippen molar-refractivity contribution in [2.24, 2.45) is 10.9 Å². The molecule has 0 spiro atoms. The summed E-state index contributed by atoms with van der Waals surface area (Å²) in [5.74, 6) is 2.79. The molecule has 1 aromatic heterocycles. The second-order valence-electron chi connectivity index (χ2n) is 6.57. The molecule has 0 aliphatic carbocycles. The molecule has 1 aliphatic rings. The largest absolute Gasteiger partial charge is 0.357 e. The van der Waals surface area contributed by atoms with Gasteiger partial charge in [0.15, 0.2) is 5.96 Å². The molecule has 1 aromatic rings. The van der Waals surface area contributed by atoms with Gasteiger partial charge in [-0.2, -0.15) is 0 Å². The third-order valence-electron chi connectivity index (χ3n) is 4.60. The van der Waals surface area contributed by atoms with Crippen LogP contribution < -0.4 is 15.5 Å². The highest BCUT2D eigenvalue weighted by Crippen LogP contribution is 2.21. The summed E-state index contributed by atoms with van der Waals surface area (Å²) in [6, 6.07) is 4.71. The molecule has 1 atom stereocenters. The number of rotatable bonds is 5. The number of hydrogen-bond acceptors (Lipinski definition) is 3. The van der Waals surface area contributed by atoms with Crippen LogP contribution in [0.15, 0.2) is 23.3 Å². The van der Waals surface area contributed by atoms with Gasteiger partial charge in [-0.05, 0) is 43.7 Å². The summed E-state index contributed by atoms with van der Waals surface area (Å²) in [5.41, 5.74) is 1.17. The van der Waals surface area contributed by atoms with E-state index in [1.807, 2.05) is 6.20 Å². The van der Waals surface area contributed by atoms with E-state index >= 15 is 0 Å². The van der Waals surface area contributed by atoms with E-state index in [2.05, 4.69) is 58.4 Å². The molecule has 128 valence electrons. The molecule has 0 aromatic carbocycles. The van der Waals surface area contributed by atoms with Gasteiger partial charge >= 0.3 is 0 Å². The summed E-state index contributed by atoms with van der Waals surface area (Å²) in [6.45, 7) is 9.63. The van der Waals surface area contributed by atoms with Gasteiger partial charge in [0.25, 0.3) is 0 Å². The molecule has 0 saturated carbocycles. The summed E-state index contributed by atoms with van der Waals surface area (Å²) in [7, 11) is 1.80. The molecule has 0 bridgehead atoms. The second-order valence-corrected chi connectivity index (χ2v) is 6.57. The van der Waals surface area contributed by atoms with E-state index in [0.717, 1.165) is 43.8 Å². The van der Waals surface area contributed by atoms with E-state index in [9.17, 15) is 0 Å². The van der Waals surface area contributed by atoms with Crippen LogP contribution in [0.4, 0.5) is 5.82 Å². The second kappa shape index (κ2) is 8.75. The molecular weight excluding hydrogens is 286 g/mol. The van der Waals surface area contributed by atoms with Crippen molar-refractivity contribution in [1.82, 2.24) is 15.6 Å². The normalized spacial score (nSPS) is 17.9. The average Bonchev–Trinajstić information content (AvgIpc) is 2.59. The molecule has 0 amide bonds. The average molecular weight is 317 g/mol. The van der Waals surface area contributed by atoms with Crippen molar-refractivity contribution in [1.29, 1.82) is 0 Å². The van der Waals surface area contributed by atoms with E-state index in [1.54, 1.807) is 7.05 Å². The highest BCUT2D eigenvalue weighted by molar-refractivity contribution is 5.79. The van der Waals surface area contributed by atoms with Crippen molar-refractivity contribution in [3.63, 3.8) is 0 Å². The van der Waals surface area contributed by atoms with Gasteiger partial charge in [0.2, 0.25) is 0 Å². The van der Waals surface area contributed by atoms with Gasteiger partial charge < -0.3 is 15.5 Å². The van der Waals surface area contributed by atoms with Crippen LogP contribution in [-0.2, 0) is 6.54 Å². The first-order valence-corrected chi connectivity index (χ1v) is 8.79. The van der Waals surface area contributed by atoms with Crippen LogP contribution >= 0.6 is 0 Å². The van der Waals surface area contributed by atoms with Gasteiger partial charge in [0.1, 0.15) is 5.82 Å². The van der Waals surface area contributed by atoms with Gasteiger partial charge in [-0.25, -0.2) is 4.98 Å². The fraction of sp³-hybridized carbons (Fsp3) is 0.667. The van der Waals surface area contributed by atoms with Crippen LogP contribution in [0.2, 0.25) is 0 Å². The number of hydrogen-bond donors (Lipinski definition) is 2. The summed E-state index contributed by atoms with van der Waals surface area (Å²) in [4.78, 5) is 11.3. The maximum atomic E-state index is 4.63. The Labute approximate surface area is 140 Å². The zero-order valence-electron chi connectivity index (χ0n) is 15.0. The zero-order valence-corrected chi connectivity index (χ0v) is 15.0. The lowest BCUT2D eigenvalue weighted by Gasteiger charge is -2.31. The van der Waals surface area contributed by atoms with Gasteiger partial charge in [-0.1, -0.05) is 19.9 Å². The van der Waals surface area contributed by atoms with Gasteiger partial charge in [-0.3, -0.25) is 4.99 Å². The quantitative estimate of drug-likeness (QED) is 0.648. The van der Waals surface area contributed by atoms with Crippen LogP contribution in [0, 0.1) is 5.92 Å². The summed E-state index contributed by atoms with van der Waals surface area (Å²) < 4.78 is 0. The number of anilines is 1. The Kier molecular flexibility index (Phi) is 6.68. The molecule has 1 fully saturated rings. The van der Waals surface area contributed by atoms with E-state index in [4.69, 9.17) is 0 Å². The summed E-state index contributed by atoms with van der Waals surface area (Å²) in [5, 5.41) is 6.71. The van der Waals surface area contributed by atoms with Crippen molar-refractivity contribution < 1.29 is 0 Å². The standard InChI is InChI=1S/C18H31N5/c1-5-15(3)22-18(19-4)21-13-16-6-7-17(20-12-16)23-10-8-14(2)9-11-23/h6-7,12,14-15H,5,8-11,13H2,1-4H3,(H2,19,21,22). The lowest BCUT2D eigenvalue weighted by Crippen LogP contribution is -2.41. The van der Waals surface area contributed by atoms with Crippen LogP contribution in [0.1, 0.15) is 45.6 Å². The van der Waals surface area contributed by atoms with Crippen molar-refractivity contribution in [2.45, 2.75) is 52.6 Å². The molecule has 2 rings (SSSR count). The Hall–Kier alpha value is -1.78. The minimum Gasteiger partial charge on any atom is -0.357 e. The first-order valence-electron chi connectivity index (χ1n) is 8.79. The third-order valence-corrected chi connectivity index (χ3v) is 4.60. The minimum absolute atomic E-state index is 0.420. The van der Waals surface area contributed by atoms with E-state index in [-0.39, 0.29) is 0 Å². The molecular formula is C18H31N5. The number of pyridine rings is 1. The Morgan fingerprint density at radius 3 is 2.70 bits per heavy atom. The number of piperidine rings is 1. The van der Waals surface area contributed by atoms with Crippen LogP contribution in [-0.4, -0.2) is 37.1 Å². The molecule has 1 aliphatic heterocycles. The SMILES string of the molecule is CCC(C)NC(=NC)NCc1ccc(N2CCC(C)CC2)nc1. The highest BCUT2D eigenvalue weighted by atomic mass is 15.2. The predicted molar refractivity (Wildman–Crippen MR) is 97.9 cm³/mol. The number of guanidine groups is 1. The number of nitrogens with zero attached hydrogens (tertiary/aromatic N) is 3. The predicted octanol–water partition coefficient (Wildman–Crippen LogP) is 2.78. The molecule has 5 heteroatoms. The highest BCUT2D eigenvalue weighted by Gasteiger charge is 2.16. The molecule has 2 heterocycles.